The van der Waals surface area contributed by atoms with E-state index in [1.54, 1.807) is 71.6 Å². The molecule has 3 N–H and O–H groups in total. The zero-order valence-corrected chi connectivity index (χ0v) is 29.3. The first-order chi connectivity index (χ1) is 24.8. The van der Waals surface area contributed by atoms with Gasteiger partial charge in [-0.15, -0.1) is 0 Å². The fourth-order valence-corrected chi connectivity index (χ4v) is 6.43. The summed E-state index contributed by atoms with van der Waals surface area (Å²) >= 11 is 0. The maximum absolute atomic E-state index is 13.4. The number of ether oxygens (including phenoxy) is 2. The Hall–Kier alpha value is -5.06. The van der Waals surface area contributed by atoms with Gasteiger partial charge in [0.05, 0.1) is 30.7 Å². The number of amides is 3. The van der Waals surface area contributed by atoms with Crippen molar-refractivity contribution in [1.29, 1.82) is 0 Å². The summed E-state index contributed by atoms with van der Waals surface area (Å²) in [5.41, 5.74) is 11.3. The monoisotopic (exact) mass is 689 g/mol. The molecule has 10 heteroatoms. The van der Waals surface area contributed by atoms with E-state index in [0.717, 1.165) is 38.9 Å². The van der Waals surface area contributed by atoms with Gasteiger partial charge in [-0.1, -0.05) is 30.3 Å². The highest BCUT2D eigenvalue weighted by molar-refractivity contribution is 6.08. The van der Waals surface area contributed by atoms with Gasteiger partial charge in [-0.25, -0.2) is 0 Å². The minimum Gasteiger partial charge on any atom is -0.490 e. The molecule has 0 unspecified atom stereocenters. The van der Waals surface area contributed by atoms with Crippen molar-refractivity contribution in [2.24, 2.45) is 5.73 Å². The topological polar surface area (TPSA) is 127 Å². The highest BCUT2D eigenvalue weighted by atomic mass is 16.5. The Morgan fingerprint density at radius 3 is 2.29 bits per heavy atom. The molecule has 2 heterocycles. The van der Waals surface area contributed by atoms with Crippen LogP contribution in [0.15, 0.2) is 85.1 Å². The fraction of sp³-hybridized carbons (Fsp3) is 0.366. The number of nitrogens with zero attached hydrogens (tertiary/aromatic N) is 3. The Morgan fingerprint density at radius 2 is 1.61 bits per heavy atom. The van der Waals surface area contributed by atoms with Crippen molar-refractivity contribution in [1.82, 2.24) is 14.8 Å². The van der Waals surface area contributed by atoms with E-state index in [2.05, 4.69) is 39.5 Å². The number of fused-ring (bicyclic) bond motifs is 1. The van der Waals surface area contributed by atoms with Gasteiger partial charge >= 0.3 is 0 Å². The van der Waals surface area contributed by atoms with Crippen LogP contribution in [0, 0.1) is 0 Å². The molecule has 0 atom stereocenters. The van der Waals surface area contributed by atoms with E-state index in [1.807, 2.05) is 6.07 Å². The number of carbonyl (C=O) groups excluding carboxylic acids is 3. The molecule has 0 bridgehead atoms. The Labute approximate surface area is 300 Å². The molecule has 2 fully saturated rings. The van der Waals surface area contributed by atoms with Crippen LogP contribution >= 0.6 is 0 Å². The molecule has 3 aliphatic rings. The minimum atomic E-state index is -0.572. The molecule has 1 aliphatic heterocycles. The summed E-state index contributed by atoms with van der Waals surface area (Å²) in [5, 5.41) is 2.95. The van der Waals surface area contributed by atoms with E-state index in [0.29, 0.717) is 59.1 Å². The molecule has 1 saturated heterocycles. The molecular weight excluding hydrogens is 642 g/mol. The second kappa shape index (κ2) is 17.2. The molecule has 3 amide bonds. The maximum Gasteiger partial charge on any atom is 0.255 e. The molecule has 0 spiro atoms. The first-order valence-electron chi connectivity index (χ1n) is 17.9. The van der Waals surface area contributed by atoms with Crippen molar-refractivity contribution in [3.05, 3.63) is 113 Å². The Morgan fingerprint density at radius 1 is 0.882 bits per heavy atom. The van der Waals surface area contributed by atoms with Gasteiger partial charge in [0.2, 0.25) is 5.91 Å². The van der Waals surface area contributed by atoms with Crippen LogP contribution in [0.2, 0.25) is 0 Å². The van der Waals surface area contributed by atoms with Crippen LogP contribution in [-0.2, 0) is 17.6 Å². The number of rotatable bonds is 10. The third-order valence-electron chi connectivity index (χ3n) is 9.75. The lowest BCUT2D eigenvalue weighted by atomic mass is 9.92. The Bertz CT molecular complexity index is 1810. The first kappa shape index (κ1) is 35.8. The van der Waals surface area contributed by atoms with E-state index in [9.17, 15) is 14.4 Å². The zero-order valence-electron chi connectivity index (χ0n) is 29.3. The van der Waals surface area contributed by atoms with E-state index in [-0.39, 0.29) is 17.9 Å². The largest absolute Gasteiger partial charge is 0.490 e. The molecule has 2 aliphatic carbocycles. The van der Waals surface area contributed by atoms with Crippen molar-refractivity contribution in [2.45, 2.75) is 51.0 Å². The number of nitrogens with two attached hydrogens (primary N) is 1. The number of aromatic nitrogens is 1. The first-order valence-corrected chi connectivity index (χ1v) is 17.9. The average molecular weight is 690 g/mol. The van der Waals surface area contributed by atoms with Crippen LogP contribution in [0.3, 0.4) is 0 Å². The second-order valence-electron chi connectivity index (χ2n) is 13.4. The summed E-state index contributed by atoms with van der Waals surface area (Å²) in [4.78, 5) is 46.7. The quantitative estimate of drug-likeness (QED) is 0.209. The van der Waals surface area contributed by atoms with E-state index in [4.69, 9.17) is 15.2 Å². The standard InChI is InChI=1S/C31H35N5O5.C10H12/c1-35(12-13-36-14-16-40-17-15-36)31(39)23-5-2-4-22(18-23)30(38)34-27-9-8-25(41-24-6-3-7-24)20-26(27)28-19-21(29(32)37)10-11-33-28;1-2-6-10-8-4-3-7-9(10)5-1/h2,4-5,8-11,18-20,24H,3,6-7,12-17H2,1H3,(H2,32,37)(H,34,38);1-2,5-6H,3-4,7-8H2. The molecule has 266 valence electrons. The predicted molar refractivity (Wildman–Crippen MR) is 198 cm³/mol. The number of aryl methyl sites for hydroxylation is 2. The van der Waals surface area contributed by atoms with Crippen LogP contribution in [0.1, 0.15) is 74.3 Å². The highest BCUT2D eigenvalue weighted by Crippen LogP contribution is 2.34. The van der Waals surface area contributed by atoms with Gasteiger partial charge in [-0.2, -0.15) is 0 Å². The summed E-state index contributed by atoms with van der Waals surface area (Å²) in [6, 6.07) is 24.0. The number of anilines is 1. The van der Waals surface area contributed by atoms with Gasteiger partial charge < -0.3 is 25.4 Å². The van der Waals surface area contributed by atoms with Crippen molar-refractivity contribution in [3.63, 3.8) is 0 Å². The number of pyridine rings is 1. The van der Waals surface area contributed by atoms with Crippen molar-refractivity contribution in [2.75, 3.05) is 51.8 Å². The molecular formula is C41H47N5O5. The van der Waals surface area contributed by atoms with Crippen molar-refractivity contribution < 1.29 is 23.9 Å². The number of hydrogen-bond donors (Lipinski definition) is 2. The van der Waals surface area contributed by atoms with Crippen LogP contribution in [0.4, 0.5) is 5.69 Å². The molecule has 1 saturated carbocycles. The number of nitrogens with one attached hydrogen (secondary N) is 1. The molecule has 4 aromatic rings. The van der Waals surface area contributed by atoms with Gasteiger partial charge in [0.15, 0.2) is 0 Å². The van der Waals surface area contributed by atoms with Crippen LogP contribution in [-0.4, -0.2) is 85.0 Å². The van der Waals surface area contributed by atoms with E-state index in [1.165, 1.54) is 31.9 Å². The third kappa shape index (κ3) is 9.59. The highest BCUT2D eigenvalue weighted by Gasteiger charge is 2.21. The zero-order chi connectivity index (χ0) is 35.6. The Balaban J connectivity index is 0.000000381. The molecule has 51 heavy (non-hydrogen) atoms. The maximum atomic E-state index is 13.4. The Kier molecular flexibility index (Phi) is 12.1. The SMILES string of the molecule is CN(CCN1CCOCC1)C(=O)c1cccc(C(=O)Nc2ccc(OC3CCC3)cc2-c2cc(C(N)=O)ccn2)c1.c1ccc2c(c1)CCCC2. The normalized spacial score (nSPS) is 15.7. The smallest absolute Gasteiger partial charge is 0.255 e. The van der Waals surface area contributed by atoms with E-state index >= 15 is 0 Å². The number of benzene rings is 3. The molecule has 1 aromatic heterocycles. The van der Waals surface area contributed by atoms with Gasteiger partial charge in [-0.3, -0.25) is 24.3 Å². The average Bonchev–Trinajstić information content (AvgIpc) is 3.16. The fourth-order valence-electron chi connectivity index (χ4n) is 6.43. The van der Waals surface area contributed by atoms with Gasteiger partial charge in [0.25, 0.3) is 11.8 Å². The van der Waals surface area contributed by atoms with E-state index < -0.39 is 5.91 Å². The van der Waals surface area contributed by atoms with Gasteiger partial charge in [-0.05, 0) is 105 Å². The van der Waals surface area contributed by atoms with Gasteiger partial charge in [0, 0.05) is 61.7 Å². The van der Waals surface area contributed by atoms with Crippen LogP contribution in [0.25, 0.3) is 11.3 Å². The lowest BCUT2D eigenvalue weighted by Crippen LogP contribution is -2.41. The summed E-state index contributed by atoms with van der Waals surface area (Å²) in [7, 11) is 1.77. The molecule has 7 rings (SSSR count). The van der Waals surface area contributed by atoms with Gasteiger partial charge in [0.1, 0.15) is 5.75 Å². The number of morpholine rings is 1. The lowest BCUT2D eigenvalue weighted by Gasteiger charge is -2.28. The summed E-state index contributed by atoms with van der Waals surface area (Å²) in [6.45, 7) is 4.47. The number of hydrogen-bond acceptors (Lipinski definition) is 7. The molecule has 0 radical (unpaired) electrons. The number of primary amides is 1. The summed E-state index contributed by atoms with van der Waals surface area (Å²) in [5.74, 6) is -0.451. The lowest BCUT2D eigenvalue weighted by molar-refractivity contribution is 0.0338. The predicted octanol–water partition coefficient (Wildman–Crippen LogP) is 6.00. The van der Waals surface area contributed by atoms with Crippen LogP contribution in [0.5, 0.6) is 5.75 Å². The van der Waals surface area contributed by atoms with Crippen molar-refractivity contribution >= 4 is 23.4 Å². The van der Waals surface area contributed by atoms with Crippen LogP contribution < -0.4 is 15.8 Å². The number of likely N-dealkylation sites (N-methyl/N-ethyl adjacent to an activating group) is 1. The minimum absolute atomic E-state index is 0.154. The molecule has 10 nitrogen and oxygen atoms in total. The van der Waals surface area contributed by atoms with Crippen molar-refractivity contribution in [3.8, 4) is 17.0 Å². The molecule has 3 aromatic carbocycles. The third-order valence-corrected chi connectivity index (χ3v) is 9.75. The summed E-state index contributed by atoms with van der Waals surface area (Å²) in [6.07, 6.45) is 10.2. The second-order valence-corrected chi connectivity index (χ2v) is 13.4. The summed E-state index contributed by atoms with van der Waals surface area (Å²) < 4.78 is 11.5. The number of carbonyl (C=O) groups is 3.